The first kappa shape index (κ1) is 13.6. The minimum atomic E-state index is -0.423. The highest BCUT2D eigenvalue weighted by atomic mass is 16.1. The Labute approximate surface area is 103 Å². The van der Waals surface area contributed by atoms with Crippen LogP contribution in [0.3, 0.4) is 0 Å². The van der Waals surface area contributed by atoms with Gasteiger partial charge in [0, 0.05) is 11.0 Å². The molecule has 0 atom stereocenters. The normalized spacial score (nSPS) is 12.4. The zero-order valence-corrected chi connectivity index (χ0v) is 11.5. The summed E-state index contributed by atoms with van der Waals surface area (Å²) in [5, 5.41) is 3.20. The van der Waals surface area contributed by atoms with Crippen LogP contribution in [-0.2, 0) is 0 Å². The maximum atomic E-state index is 11.9. The van der Waals surface area contributed by atoms with Gasteiger partial charge in [0.05, 0.1) is 12.4 Å². The summed E-state index contributed by atoms with van der Waals surface area (Å²) in [7, 11) is 0. The number of hydrogen-bond acceptors (Lipinski definition) is 4. The molecule has 0 amide bonds. The number of ketones is 1. The smallest absolute Gasteiger partial charge is 0.188 e. The fraction of sp³-hybridized carbons (Fsp3) is 0.615. The van der Waals surface area contributed by atoms with Crippen LogP contribution in [0.4, 0.5) is 5.82 Å². The highest BCUT2D eigenvalue weighted by molar-refractivity contribution is 5.97. The minimum absolute atomic E-state index is 0.00677. The van der Waals surface area contributed by atoms with E-state index < -0.39 is 5.41 Å². The number of rotatable bonds is 2. The SMILES string of the molecule is CC(C)(C)Nc1cnc(C(=O)C(C)(C)C)cn1. The monoisotopic (exact) mass is 235 g/mol. The molecule has 0 saturated heterocycles. The van der Waals surface area contributed by atoms with Crippen molar-refractivity contribution in [3.63, 3.8) is 0 Å². The van der Waals surface area contributed by atoms with Crippen molar-refractivity contribution in [3.8, 4) is 0 Å². The van der Waals surface area contributed by atoms with Crippen molar-refractivity contribution in [1.82, 2.24) is 9.97 Å². The summed E-state index contributed by atoms with van der Waals surface area (Å²) in [5.41, 5.74) is -0.0744. The van der Waals surface area contributed by atoms with E-state index in [1.54, 1.807) is 6.20 Å². The Hall–Kier alpha value is -1.45. The molecule has 0 saturated carbocycles. The van der Waals surface area contributed by atoms with Gasteiger partial charge in [0.2, 0.25) is 0 Å². The summed E-state index contributed by atoms with van der Waals surface area (Å²) < 4.78 is 0. The van der Waals surface area contributed by atoms with E-state index in [0.29, 0.717) is 11.5 Å². The van der Waals surface area contributed by atoms with E-state index in [1.807, 2.05) is 41.5 Å². The average Bonchev–Trinajstić information content (AvgIpc) is 2.14. The third-order valence-corrected chi connectivity index (χ3v) is 2.07. The molecular weight excluding hydrogens is 214 g/mol. The predicted molar refractivity (Wildman–Crippen MR) is 69.2 cm³/mol. The lowest BCUT2D eigenvalue weighted by Crippen LogP contribution is -2.27. The van der Waals surface area contributed by atoms with Gasteiger partial charge in [-0.25, -0.2) is 9.97 Å². The van der Waals surface area contributed by atoms with Gasteiger partial charge in [0.25, 0.3) is 0 Å². The molecule has 4 nitrogen and oxygen atoms in total. The standard InChI is InChI=1S/C13H21N3O/c1-12(2,3)11(17)9-7-15-10(8-14-9)16-13(4,5)6/h7-8H,1-6H3,(H,15,16). The van der Waals surface area contributed by atoms with Gasteiger partial charge in [-0.15, -0.1) is 0 Å². The van der Waals surface area contributed by atoms with Gasteiger partial charge in [0.1, 0.15) is 11.5 Å². The lowest BCUT2D eigenvalue weighted by atomic mass is 9.89. The topological polar surface area (TPSA) is 54.9 Å². The Bertz CT molecular complexity index is 396. The first-order valence-corrected chi connectivity index (χ1v) is 5.75. The summed E-state index contributed by atoms with van der Waals surface area (Å²) >= 11 is 0. The average molecular weight is 235 g/mol. The van der Waals surface area contributed by atoms with Crippen LogP contribution >= 0.6 is 0 Å². The largest absolute Gasteiger partial charge is 0.364 e. The Balaban J connectivity index is 2.86. The fourth-order valence-electron chi connectivity index (χ4n) is 1.28. The van der Waals surface area contributed by atoms with Crippen molar-refractivity contribution in [1.29, 1.82) is 0 Å². The van der Waals surface area contributed by atoms with E-state index in [-0.39, 0.29) is 11.3 Å². The summed E-state index contributed by atoms with van der Waals surface area (Å²) in [5.74, 6) is 0.690. The molecule has 0 radical (unpaired) electrons. The zero-order chi connectivity index (χ0) is 13.3. The number of nitrogens with one attached hydrogen (secondary N) is 1. The summed E-state index contributed by atoms with van der Waals surface area (Å²) in [6.45, 7) is 11.8. The second-order valence-electron chi connectivity index (χ2n) is 6.24. The van der Waals surface area contributed by atoms with Gasteiger partial charge in [-0.3, -0.25) is 4.79 Å². The Morgan fingerprint density at radius 3 is 2.00 bits per heavy atom. The molecule has 0 fully saturated rings. The van der Waals surface area contributed by atoms with Crippen molar-refractivity contribution in [3.05, 3.63) is 18.1 Å². The van der Waals surface area contributed by atoms with Gasteiger partial charge in [-0.1, -0.05) is 20.8 Å². The number of carbonyl (C=O) groups excluding carboxylic acids is 1. The van der Waals surface area contributed by atoms with E-state index in [4.69, 9.17) is 0 Å². The molecule has 0 bridgehead atoms. The third kappa shape index (κ3) is 4.13. The van der Waals surface area contributed by atoms with E-state index in [1.165, 1.54) is 6.20 Å². The van der Waals surface area contributed by atoms with Crippen LogP contribution in [0.5, 0.6) is 0 Å². The number of anilines is 1. The van der Waals surface area contributed by atoms with Gasteiger partial charge in [-0.2, -0.15) is 0 Å². The lowest BCUT2D eigenvalue weighted by Gasteiger charge is -2.21. The summed E-state index contributed by atoms with van der Waals surface area (Å²) in [6, 6.07) is 0. The number of carbonyl (C=O) groups is 1. The zero-order valence-electron chi connectivity index (χ0n) is 11.5. The quantitative estimate of drug-likeness (QED) is 0.801. The van der Waals surface area contributed by atoms with Crippen LogP contribution in [-0.4, -0.2) is 21.3 Å². The molecule has 1 N–H and O–H groups in total. The highest BCUT2D eigenvalue weighted by Gasteiger charge is 2.24. The molecular formula is C13H21N3O. The molecule has 94 valence electrons. The molecule has 0 aromatic carbocycles. The van der Waals surface area contributed by atoms with Gasteiger partial charge < -0.3 is 5.32 Å². The minimum Gasteiger partial charge on any atom is -0.364 e. The van der Waals surface area contributed by atoms with E-state index in [9.17, 15) is 4.79 Å². The molecule has 0 spiro atoms. The van der Waals surface area contributed by atoms with E-state index in [0.717, 1.165) is 0 Å². The molecule has 0 aliphatic heterocycles. The molecule has 0 aliphatic carbocycles. The van der Waals surface area contributed by atoms with Gasteiger partial charge in [0.15, 0.2) is 5.78 Å². The van der Waals surface area contributed by atoms with Crippen molar-refractivity contribution >= 4 is 11.6 Å². The maximum Gasteiger partial charge on any atom is 0.188 e. The van der Waals surface area contributed by atoms with Crippen LogP contribution in [0.15, 0.2) is 12.4 Å². The lowest BCUT2D eigenvalue weighted by molar-refractivity contribution is 0.0852. The number of aromatic nitrogens is 2. The molecule has 0 aliphatic rings. The maximum absolute atomic E-state index is 11.9. The van der Waals surface area contributed by atoms with Crippen molar-refractivity contribution in [2.45, 2.75) is 47.1 Å². The van der Waals surface area contributed by atoms with Crippen molar-refractivity contribution < 1.29 is 4.79 Å². The molecule has 17 heavy (non-hydrogen) atoms. The van der Waals surface area contributed by atoms with Crippen LogP contribution in [0.1, 0.15) is 52.0 Å². The number of Topliss-reactive ketones (excluding diaryl/α,β-unsaturated/α-hetero) is 1. The Kier molecular flexibility index (Phi) is 3.55. The first-order valence-electron chi connectivity index (χ1n) is 5.75. The van der Waals surface area contributed by atoms with Crippen LogP contribution in [0, 0.1) is 5.41 Å². The van der Waals surface area contributed by atoms with E-state index in [2.05, 4.69) is 15.3 Å². The molecule has 1 aromatic rings. The molecule has 1 aromatic heterocycles. The molecule has 1 rings (SSSR count). The third-order valence-electron chi connectivity index (χ3n) is 2.07. The van der Waals surface area contributed by atoms with Crippen molar-refractivity contribution in [2.24, 2.45) is 5.41 Å². The van der Waals surface area contributed by atoms with Crippen LogP contribution in [0.2, 0.25) is 0 Å². The molecule has 4 heteroatoms. The van der Waals surface area contributed by atoms with Crippen LogP contribution < -0.4 is 5.32 Å². The first-order chi connectivity index (χ1) is 7.59. The molecule has 0 unspecified atom stereocenters. The van der Waals surface area contributed by atoms with Crippen LogP contribution in [0.25, 0.3) is 0 Å². The molecule has 1 heterocycles. The summed E-state index contributed by atoms with van der Waals surface area (Å²) in [6.07, 6.45) is 3.13. The number of nitrogens with zero attached hydrogens (tertiary/aromatic N) is 2. The predicted octanol–water partition coefficient (Wildman–Crippen LogP) is 2.92. The summed E-state index contributed by atoms with van der Waals surface area (Å²) in [4.78, 5) is 20.3. The number of hydrogen-bond donors (Lipinski definition) is 1. The van der Waals surface area contributed by atoms with Gasteiger partial charge in [-0.05, 0) is 20.8 Å². The second kappa shape index (κ2) is 4.43. The Morgan fingerprint density at radius 2 is 1.65 bits per heavy atom. The fourth-order valence-corrected chi connectivity index (χ4v) is 1.28. The van der Waals surface area contributed by atoms with Gasteiger partial charge >= 0.3 is 0 Å². The second-order valence-corrected chi connectivity index (χ2v) is 6.24. The highest BCUT2D eigenvalue weighted by Crippen LogP contribution is 2.19. The Morgan fingerprint density at radius 1 is 1.06 bits per heavy atom. The van der Waals surface area contributed by atoms with E-state index >= 15 is 0 Å². The van der Waals surface area contributed by atoms with Crippen molar-refractivity contribution in [2.75, 3.05) is 5.32 Å².